The number of carbonyl (C=O) groups excluding carboxylic acids is 1. The van der Waals surface area contributed by atoms with Crippen LogP contribution in [0.2, 0.25) is 0 Å². The molecular weight excluding hydrogens is 312 g/mol. The van der Waals surface area contributed by atoms with Gasteiger partial charge in [-0.1, -0.05) is 23.4 Å². The van der Waals surface area contributed by atoms with Gasteiger partial charge in [0.15, 0.2) is 5.16 Å². The van der Waals surface area contributed by atoms with Crippen LogP contribution in [0.25, 0.3) is 10.9 Å². The first-order chi connectivity index (χ1) is 11.0. The lowest BCUT2D eigenvalue weighted by Crippen LogP contribution is -2.25. The summed E-state index contributed by atoms with van der Waals surface area (Å²) in [6.07, 6.45) is 1.61. The van der Waals surface area contributed by atoms with E-state index in [4.69, 9.17) is 0 Å². The third-order valence-corrected chi connectivity index (χ3v) is 4.57. The average molecular weight is 330 g/mol. The molecule has 3 rings (SSSR count). The first-order valence-corrected chi connectivity index (χ1v) is 8.19. The summed E-state index contributed by atoms with van der Waals surface area (Å²) in [7, 11) is 3.76. The SMILES string of the molecule is Cc1ccc2c(c1)c(CNC(=O)CSc1nncn1C)nn2C. The van der Waals surface area contributed by atoms with Crippen LogP contribution >= 0.6 is 11.8 Å². The average Bonchev–Trinajstić information content (AvgIpc) is 3.06. The van der Waals surface area contributed by atoms with Crippen molar-refractivity contribution in [2.24, 2.45) is 14.1 Å². The molecular formula is C15H18N6OS. The number of hydrogen-bond donors (Lipinski definition) is 1. The molecule has 2 heterocycles. The monoisotopic (exact) mass is 330 g/mol. The van der Waals surface area contributed by atoms with Gasteiger partial charge in [-0.05, 0) is 19.1 Å². The molecule has 23 heavy (non-hydrogen) atoms. The van der Waals surface area contributed by atoms with E-state index in [-0.39, 0.29) is 5.91 Å². The van der Waals surface area contributed by atoms with E-state index >= 15 is 0 Å². The standard InChI is InChI=1S/C15H18N6OS/c1-10-4-5-13-11(6-10)12(19-21(13)3)7-16-14(22)8-23-15-18-17-9-20(15)2/h4-6,9H,7-8H2,1-3H3,(H,16,22). The molecule has 1 N–H and O–H groups in total. The Morgan fingerprint density at radius 3 is 2.91 bits per heavy atom. The van der Waals surface area contributed by atoms with Crippen molar-refractivity contribution in [1.82, 2.24) is 29.9 Å². The highest BCUT2D eigenvalue weighted by Crippen LogP contribution is 2.19. The van der Waals surface area contributed by atoms with Crippen molar-refractivity contribution in [2.75, 3.05) is 5.75 Å². The topological polar surface area (TPSA) is 77.6 Å². The van der Waals surface area contributed by atoms with Crippen molar-refractivity contribution >= 4 is 28.6 Å². The number of nitrogens with one attached hydrogen (secondary N) is 1. The number of benzene rings is 1. The van der Waals surface area contributed by atoms with Gasteiger partial charge in [0, 0.05) is 19.5 Å². The summed E-state index contributed by atoms with van der Waals surface area (Å²) in [5.41, 5.74) is 3.12. The van der Waals surface area contributed by atoms with Crippen molar-refractivity contribution in [2.45, 2.75) is 18.6 Å². The lowest BCUT2D eigenvalue weighted by Gasteiger charge is -2.03. The van der Waals surface area contributed by atoms with Crippen molar-refractivity contribution in [3.05, 3.63) is 35.8 Å². The number of fused-ring (bicyclic) bond motifs is 1. The van der Waals surface area contributed by atoms with Gasteiger partial charge in [-0.15, -0.1) is 10.2 Å². The molecule has 0 aliphatic carbocycles. The Bertz CT molecular complexity index is 853. The second-order valence-electron chi connectivity index (χ2n) is 5.38. The minimum absolute atomic E-state index is 0.0514. The number of thioether (sulfide) groups is 1. The van der Waals surface area contributed by atoms with Crippen LogP contribution < -0.4 is 5.32 Å². The molecule has 0 saturated heterocycles. The van der Waals surface area contributed by atoms with Crippen molar-refractivity contribution < 1.29 is 4.79 Å². The van der Waals surface area contributed by atoms with Crippen LogP contribution in [-0.2, 0) is 25.4 Å². The van der Waals surface area contributed by atoms with Crippen LogP contribution in [0.5, 0.6) is 0 Å². The second-order valence-corrected chi connectivity index (χ2v) is 6.32. The van der Waals surface area contributed by atoms with E-state index in [1.807, 2.05) is 31.8 Å². The molecule has 0 aliphatic rings. The number of aryl methyl sites for hydroxylation is 3. The summed E-state index contributed by atoms with van der Waals surface area (Å²) in [5, 5.41) is 16.9. The molecule has 8 heteroatoms. The summed E-state index contributed by atoms with van der Waals surface area (Å²) < 4.78 is 3.62. The Morgan fingerprint density at radius 2 is 2.17 bits per heavy atom. The van der Waals surface area contributed by atoms with Crippen LogP contribution in [0.3, 0.4) is 0 Å². The van der Waals surface area contributed by atoms with Crippen molar-refractivity contribution in [1.29, 1.82) is 0 Å². The zero-order chi connectivity index (χ0) is 16.4. The minimum Gasteiger partial charge on any atom is -0.350 e. The number of amides is 1. The number of hydrogen-bond acceptors (Lipinski definition) is 5. The summed E-state index contributed by atoms with van der Waals surface area (Å²) in [5.74, 6) is 0.250. The molecule has 0 saturated carbocycles. The number of carbonyl (C=O) groups is 1. The first-order valence-electron chi connectivity index (χ1n) is 7.20. The summed E-state index contributed by atoms with van der Waals surface area (Å²) in [4.78, 5) is 12.0. The Balaban J connectivity index is 1.63. The van der Waals surface area contributed by atoms with Gasteiger partial charge in [-0.25, -0.2) is 0 Å². The highest BCUT2D eigenvalue weighted by Gasteiger charge is 2.11. The van der Waals surface area contributed by atoms with Gasteiger partial charge in [0.25, 0.3) is 0 Å². The fourth-order valence-electron chi connectivity index (χ4n) is 2.35. The fraction of sp³-hybridized carbons (Fsp3) is 0.333. The number of rotatable bonds is 5. The van der Waals surface area contributed by atoms with Crippen molar-refractivity contribution in [3.8, 4) is 0 Å². The van der Waals surface area contributed by atoms with Gasteiger partial charge in [0.05, 0.1) is 23.5 Å². The Hall–Kier alpha value is -2.35. The minimum atomic E-state index is -0.0514. The molecule has 0 unspecified atom stereocenters. The quantitative estimate of drug-likeness (QED) is 0.716. The van der Waals surface area contributed by atoms with E-state index in [0.29, 0.717) is 12.3 Å². The molecule has 0 radical (unpaired) electrons. The predicted molar refractivity (Wildman–Crippen MR) is 89.0 cm³/mol. The van der Waals surface area contributed by atoms with E-state index in [9.17, 15) is 4.79 Å². The largest absolute Gasteiger partial charge is 0.350 e. The molecule has 2 aromatic heterocycles. The maximum Gasteiger partial charge on any atom is 0.230 e. The van der Waals surface area contributed by atoms with E-state index in [0.717, 1.165) is 21.8 Å². The molecule has 0 bridgehead atoms. The van der Waals surface area contributed by atoms with Gasteiger partial charge < -0.3 is 9.88 Å². The van der Waals surface area contributed by atoms with Crippen LogP contribution in [0, 0.1) is 6.92 Å². The normalized spacial score (nSPS) is 11.1. The number of aromatic nitrogens is 5. The van der Waals surface area contributed by atoms with E-state index in [1.54, 1.807) is 10.9 Å². The molecule has 1 aromatic carbocycles. The molecule has 0 fully saturated rings. The molecule has 0 aliphatic heterocycles. The van der Waals surface area contributed by atoms with Gasteiger partial charge in [0.2, 0.25) is 5.91 Å². The third kappa shape index (κ3) is 3.37. The highest BCUT2D eigenvalue weighted by molar-refractivity contribution is 7.99. The molecule has 0 atom stereocenters. The molecule has 120 valence electrons. The zero-order valence-electron chi connectivity index (χ0n) is 13.3. The van der Waals surface area contributed by atoms with Crippen LogP contribution in [0.15, 0.2) is 29.7 Å². The zero-order valence-corrected chi connectivity index (χ0v) is 14.1. The molecule has 0 spiro atoms. The first kappa shape index (κ1) is 15.5. The Kier molecular flexibility index (Phi) is 4.33. The third-order valence-electron chi connectivity index (χ3n) is 3.54. The van der Waals surface area contributed by atoms with E-state index < -0.39 is 0 Å². The molecule has 7 nitrogen and oxygen atoms in total. The summed E-state index contributed by atoms with van der Waals surface area (Å²) in [6, 6.07) is 6.20. The lowest BCUT2D eigenvalue weighted by molar-refractivity contribution is -0.118. The summed E-state index contributed by atoms with van der Waals surface area (Å²) >= 11 is 1.36. The predicted octanol–water partition coefficient (Wildman–Crippen LogP) is 1.42. The van der Waals surface area contributed by atoms with Gasteiger partial charge in [-0.2, -0.15) is 5.10 Å². The fourth-order valence-corrected chi connectivity index (χ4v) is 3.07. The Labute approximate surface area is 138 Å². The maximum atomic E-state index is 12.0. The van der Waals surface area contributed by atoms with E-state index in [2.05, 4.69) is 32.7 Å². The van der Waals surface area contributed by atoms with Crippen LogP contribution in [0.4, 0.5) is 0 Å². The van der Waals surface area contributed by atoms with Crippen molar-refractivity contribution in [3.63, 3.8) is 0 Å². The van der Waals surface area contributed by atoms with Gasteiger partial charge in [-0.3, -0.25) is 9.48 Å². The summed E-state index contributed by atoms with van der Waals surface area (Å²) in [6.45, 7) is 2.46. The van der Waals surface area contributed by atoms with Crippen LogP contribution in [-0.4, -0.2) is 36.2 Å². The lowest BCUT2D eigenvalue weighted by atomic mass is 10.1. The smallest absolute Gasteiger partial charge is 0.230 e. The molecule has 3 aromatic rings. The van der Waals surface area contributed by atoms with Gasteiger partial charge >= 0.3 is 0 Å². The second kappa shape index (κ2) is 6.41. The maximum absolute atomic E-state index is 12.0. The van der Waals surface area contributed by atoms with Crippen LogP contribution in [0.1, 0.15) is 11.3 Å². The number of nitrogens with zero attached hydrogens (tertiary/aromatic N) is 5. The van der Waals surface area contributed by atoms with E-state index in [1.165, 1.54) is 17.3 Å². The van der Waals surface area contributed by atoms with Gasteiger partial charge in [0.1, 0.15) is 6.33 Å². The Morgan fingerprint density at radius 1 is 1.35 bits per heavy atom. The molecule has 1 amide bonds. The highest BCUT2D eigenvalue weighted by atomic mass is 32.2.